The average Bonchev–Trinajstić information content (AvgIpc) is 2.65. The van der Waals surface area contributed by atoms with Crippen LogP contribution in [-0.4, -0.2) is 6.29 Å². The fourth-order valence-electron chi connectivity index (χ4n) is 2.73. The van der Waals surface area contributed by atoms with E-state index < -0.39 is 7.14 Å². The van der Waals surface area contributed by atoms with E-state index in [0.717, 1.165) is 10.6 Å². The number of hydrogen-bond acceptors (Lipinski definition) is 2. The van der Waals surface area contributed by atoms with Crippen molar-refractivity contribution in [3.05, 3.63) is 96.1 Å². The smallest absolute Gasteiger partial charge is 0.156 e. The Labute approximate surface area is 143 Å². The minimum absolute atomic E-state index is 0.453. The molecule has 3 heteroatoms. The molecule has 0 heterocycles. The van der Waals surface area contributed by atoms with Gasteiger partial charge in [0.1, 0.15) is 0 Å². The first kappa shape index (κ1) is 16.7. The number of rotatable bonds is 6. The van der Waals surface area contributed by atoms with Gasteiger partial charge in [0.25, 0.3) is 0 Å². The summed E-state index contributed by atoms with van der Waals surface area (Å²) in [7, 11) is -2.68. The van der Waals surface area contributed by atoms with Crippen LogP contribution in [0.4, 0.5) is 0 Å². The van der Waals surface area contributed by atoms with Gasteiger partial charge in [-0.15, -0.1) is 0 Å². The Morgan fingerprint density at radius 2 is 1.25 bits per heavy atom. The highest BCUT2D eigenvalue weighted by molar-refractivity contribution is 7.78. The molecule has 3 aromatic carbocycles. The van der Waals surface area contributed by atoms with Crippen LogP contribution in [-0.2, 0) is 11.1 Å². The fourth-order valence-corrected chi connectivity index (χ4v) is 5.13. The lowest BCUT2D eigenvalue weighted by Gasteiger charge is -2.20. The standard InChI is InChI=1S/C21H22NOP/c1-18-12-14-19(15-13-18)16-22-17-24(23,20-8-4-2-5-9-20)21-10-6-3-7-11-21/h2-15,22H,16-17H2,1H3. The van der Waals surface area contributed by atoms with E-state index in [2.05, 4.69) is 36.5 Å². The highest BCUT2D eigenvalue weighted by Gasteiger charge is 2.26. The van der Waals surface area contributed by atoms with Crippen molar-refractivity contribution in [1.29, 1.82) is 0 Å². The van der Waals surface area contributed by atoms with E-state index in [1.54, 1.807) is 0 Å². The zero-order valence-corrected chi connectivity index (χ0v) is 14.7. The van der Waals surface area contributed by atoms with Gasteiger partial charge in [-0.25, -0.2) is 0 Å². The maximum Gasteiger partial charge on any atom is 0.156 e. The van der Waals surface area contributed by atoms with Crippen LogP contribution in [0.5, 0.6) is 0 Å². The topological polar surface area (TPSA) is 29.1 Å². The first-order chi connectivity index (χ1) is 11.7. The molecule has 0 fully saturated rings. The van der Waals surface area contributed by atoms with Crippen molar-refractivity contribution in [2.75, 3.05) is 6.29 Å². The van der Waals surface area contributed by atoms with E-state index in [0.29, 0.717) is 12.8 Å². The second-order valence-corrected chi connectivity index (χ2v) is 8.81. The van der Waals surface area contributed by atoms with Crippen LogP contribution in [0, 0.1) is 6.92 Å². The molecule has 0 spiro atoms. The SMILES string of the molecule is Cc1ccc(CNCP(=O)(c2ccccc2)c2ccccc2)cc1. The third kappa shape index (κ3) is 3.84. The molecule has 0 aliphatic heterocycles. The lowest BCUT2D eigenvalue weighted by molar-refractivity contribution is 0.581. The van der Waals surface area contributed by atoms with E-state index in [-0.39, 0.29) is 0 Å². The van der Waals surface area contributed by atoms with E-state index in [1.807, 2.05) is 60.7 Å². The molecule has 0 aromatic heterocycles. The Morgan fingerprint density at radius 3 is 1.75 bits per heavy atom. The third-order valence-electron chi connectivity index (χ3n) is 4.13. The van der Waals surface area contributed by atoms with Gasteiger partial charge in [0, 0.05) is 17.2 Å². The summed E-state index contributed by atoms with van der Waals surface area (Å²) in [6.45, 7) is 2.79. The summed E-state index contributed by atoms with van der Waals surface area (Å²) < 4.78 is 13.8. The lowest BCUT2D eigenvalue weighted by atomic mass is 10.1. The normalized spacial score (nSPS) is 11.4. The van der Waals surface area contributed by atoms with Gasteiger partial charge in [0.05, 0.1) is 6.29 Å². The van der Waals surface area contributed by atoms with Gasteiger partial charge < -0.3 is 9.88 Å². The molecule has 3 aromatic rings. The largest absolute Gasteiger partial charge is 0.312 e. The number of hydrogen-bond donors (Lipinski definition) is 1. The number of aryl methyl sites for hydroxylation is 1. The first-order valence-electron chi connectivity index (χ1n) is 8.15. The average molecular weight is 335 g/mol. The molecule has 2 nitrogen and oxygen atoms in total. The Morgan fingerprint density at radius 1 is 0.750 bits per heavy atom. The minimum Gasteiger partial charge on any atom is -0.312 e. The van der Waals surface area contributed by atoms with Crippen molar-refractivity contribution >= 4 is 17.8 Å². The highest BCUT2D eigenvalue weighted by atomic mass is 31.2. The molecule has 0 atom stereocenters. The first-order valence-corrected chi connectivity index (χ1v) is 10.0. The van der Waals surface area contributed by atoms with Gasteiger partial charge >= 0.3 is 0 Å². The van der Waals surface area contributed by atoms with Crippen molar-refractivity contribution in [3.8, 4) is 0 Å². The molecule has 0 saturated carbocycles. The molecule has 0 aliphatic carbocycles. The summed E-state index contributed by atoms with van der Waals surface area (Å²) in [5.41, 5.74) is 2.45. The molecule has 0 amide bonds. The summed E-state index contributed by atoms with van der Waals surface area (Å²) in [4.78, 5) is 0. The van der Waals surface area contributed by atoms with Crippen LogP contribution in [0.3, 0.4) is 0 Å². The summed E-state index contributed by atoms with van der Waals surface area (Å²) in [5, 5.41) is 5.19. The maximum atomic E-state index is 13.8. The van der Waals surface area contributed by atoms with Crippen LogP contribution in [0.15, 0.2) is 84.9 Å². The molecule has 0 aliphatic rings. The Bertz CT molecular complexity index is 770. The summed E-state index contributed by atoms with van der Waals surface area (Å²) >= 11 is 0. The predicted octanol–water partition coefficient (Wildman–Crippen LogP) is 4.06. The Balaban J connectivity index is 1.81. The molecule has 0 bridgehead atoms. The van der Waals surface area contributed by atoms with Crippen LogP contribution in [0.2, 0.25) is 0 Å². The lowest BCUT2D eigenvalue weighted by Crippen LogP contribution is -2.26. The fraction of sp³-hybridized carbons (Fsp3) is 0.143. The van der Waals surface area contributed by atoms with Gasteiger partial charge in [-0.05, 0) is 12.5 Å². The van der Waals surface area contributed by atoms with Crippen molar-refractivity contribution < 1.29 is 4.57 Å². The second-order valence-electron chi connectivity index (χ2n) is 5.98. The van der Waals surface area contributed by atoms with E-state index in [9.17, 15) is 4.57 Å². The quantitative estimate of drug-likeness (QED) is 0.689. The molecular formula is C21H22NOP. The zero-order valence-electron chi connectivity index (χ0n) is 13.9. The molecule has 0 unspecified atom stereocenters. The second kappa shape index (κ2) is 7.61. The minimum atomic E-state index is -2.68. The molecule has 1 N–H and O–H groups in total. The molecule has 3 rings (SSSR count). The van der Waals surface area contributed by atoms with Crippen LogP contribution >= 0.6 is 7.14 Å². The van der Waals surface area contributed by atoms with Gasteiger partial charge in [-0.1, -0.05) is 90.5 Å². The van der Waals surface area contributed by atoms with Crippen molar-refractivity contribution in [3.63, 3.8) is 0 Å². The third-order valence-corrected chi connectivity index (χ3v) is 7.06. The Hall–Kier alpha value is -2.15. The molecule has 122 valence electrons. The molecular weight excluding hydrogens is 313 g/mol. The molecule has 0 radical (unpaired) electrons. The number of benzene rings is 3. The summed E-state index contributed by atoms with van der Waals surface area (Å²) in [6.07, 6.45) is 0.453. The molecule has 24 heavy (non-hydrogen) atoms. The number of nitrogens with one attached hydrogen (secondary N) is 1. The van der Waals surface area contributed by atoms with Crippen molar-refractivity contribution in [2.24, 2.45) is 0 Å². The van der Waals surface area contributed by atoms with Crippen molar-refractivity contribution in [1.82, 2.24) is 5.32 Å². The zero-order chi connectivity index (χ0) is 16.8. The van der Waals surface area contributed by atoms with Crippen molar-refractivity contribution in [2.45, 2.75) is 13.5 Å². The maximum absolute atomic E-state index is 13.8. The van der Waals surface area contributed by atoms with Crippen LogP contribution in [0.25, 0.3) is 0 Å². The summed E-state index contributed by atoms with van der Waals surface area (Å²) in [5.74, 6) is 0. The predicted molar refractivity (Wildman–Crippen MR) is 103 cm³/mol. The highest BCUT2D eigenvalue weighted by Crippen LogP contribution is 2.41. The van der Waals surface area contributed by atoms with Gasteiger partial charge in [0.2, 0.25) is 0 Å². The van der Waals surface area contributed by atoms with Crippen LogP contribution < -0.4 is 15.9 Å². The van der Waals surface area contributed by atoms with E-state index in [4.69, 9.17) is 0 Å². The van der Waals surface area contributed by atoms with Gasteiger partial charge in [0.15, 0.2) is 7.14 Å². The van der Waals surface area contributed by atoms with Crippen LogP contribution in [0.1, 0.15) is 11.1 Å². The van der Waals surface area contributed by atoms with E-state index in [1.165, 1.54) is 11.1 Å². The monoisotopic (exact) mass is 335 g/mol. The molecule has 0 saturated heterocycles. The van der Waals surface area contributed by atoms with Gasteiger partial charge in [-0.2, -0.15) is 0 Å². The Kier molecular flexibility index (Phi) is 5.30. The van der Waals surface area contributed by atoms with E-state index >= 15 is 0 Å². The van der Waals surface area contributed by atoms with Gasteiger partial charge in [-0.3, -0.25) is 0 Å². The summed E-state index contributed by atoms with van der Waals surface area (Å²) in [6, 6.07) is 28.0.